The molecule has 84 valence electrons. The SMILES string of the molecule is CC(=O)CC1CN(Cc2ccccc2)N=N1. The Morgan fingerprint density at radius 2 is 2.19 bits per heavy atom. The van der Waals surface area contributed by atoms with Crippen LogP contribution >= 0.6 is 0 Å². The Kier molecular flexibility index (Phi) is 3.29. The summed E-state index contributed by atoms with van der Waals surface area (Å²) in [4.78, 5) is 10.9. The van der Waals surface area contributed by atoms with Crippen molar-refractivity contribution in [2.75, 3.05) is 6.54 Å². The highest BCUT2D eigenvalue weighted by Gasteiger charge is 2.20. The molecule has 1 unspecified atom stereocenters. The molecule has 0 aromatic heterocycles. The molecule has 0 bridgehead atoms. The van der Waals surface area contributed by atoms with Gasteiger partial charge in [0.15, 0.2) is 0 Å². The number of carbonyl (C=O) groups is 1. The number of hydrogen-bond donors (Lipinski definition) is 0. The van der Waals surface area contributed by atoms with Crippen LogP contribution in [0.25, 0.3) is 0 Å². The van der Waals surface area contributed by atoms with Gasteiger partial charge in [-0.1, -0.05) is 35.6 Å². The van der Waals surface area contributed by atoms with Gasteiger partial charge in [0, 0.05) is 6.42 Å². The van der Waals surface area contributed by atoms with Gasteiger partial charge in [0.05, 0.1) is 19.1 Å². The number of benzene rings is 1. The molecule has 1 aromatic carbocycles. The molecule has 0 fully saturated rings. The van der Waals surface area contributed by atoms with E-state index >= 15 is 0 Å². The lowest BCUT2D eigenvalue weighted by Crippen LogP contribution is -2.22. The Morgan fingerprint density at radius 3 is 2.88 bits per heavy atom. The van der Waals surface area contributed by atoms with Crippen LogP contribution in [-0.2, 0) is 11.3 Å². The highest BCUT2D eigenvalue weighted by molar-refractivity contribution is 5.76. The molecule has 0 saturated carbocycles. The first-order valence-corrected chi connectivity index (χ1v) is 5.43. The van der Waals surface area contributed by atoms with Crippen LogP contribution in [0.3, 0.4) is 0 Å². The molecule has 0 N–H and O–H groups in total. The molecule has 1 atom stereocenters. The number of rotatable bonds is 4. The summed E-state index contributed by atoms with van der Waals surface area (Å²) in [5.74, 6) is 0.172. The van der Waals surface area contributed by atoms with Gasteiger partial charge in [0.2, 0.25) is 0 Å². The molecule has 0 radical (unpaired) electrons. The van der Waals surface area contributed by atoms with Crippen molar-refractivity contribution in [2.45, 2.75) is 25.9 Å². The van der Waals surface area contributed by atoms with Crippen molar-refractivity contribution in [3.05, 3.63) is 35.9 Å². The van der Waals surface area contributed by atoms with Gasteiger partial charge < -0.3 is 0 Å². The smallest absolute Gasteiger partial charge is 0.132 e. The minimum atomic E-state index is 0.0428. The molecule has 1 heterocycles. The van der Waals surface area contributed by atoms with Gasteiger partial charge in [0.25, 0.3) is 0 Å². The van der Waals surface area contributed by atoms with E-state index in [1.807, 2.05) is 23.2 Å². The van der Waals surface area contributed by atoms with Crippen molar-refractivity contribution >= 4 is 5.78 Å². The number of carbonyl (C=O) groups excluding carboxylic acids is 1. The average molecular weight is 217 g/mol. The Labute approximate surface area is 95.0 Å². The molecule has 0 saturated heterocycles. The second kappa shape index (κ2) is 4.88. The molecular formula is C12H15N3O. The molecule has 1 aliphatic heterocycles. The summed E-state index contributed by atoms with van der Waals surface area (Å²) >= 11 is 0. The largest absolute Gasteiger partial charge is 0.300 e. The lowest BCUT2D eigenvalue weighted by atomic mass is 10.1. The normalized spacial score (nSPS) is 19.1. The lowest BCUT2D eigenvalue weighted by molar-refractivity contribution is -0.117. The Balaban J connectivity index is 1.86. The van der Waals surface area contributed by atoms with E-state index in [4.69, 9.17) is 0 Å². The summed E-state index contributed by atoms with van der Waals surface area (Å²) < 4.78 is 0. The van der Waals surface area contributed by atoms with Crippen LogP contribution in [0.5, 0.6) is 0 Å². The summed E-state index contributed by atoms with van der Waals surface area (Å²) in [6, 6.07) is 10.2. The van der Waals surface area contributed by atoms with Gasteiger partial charge >= 0.3 is 0 Å². The van der Waals surface area contributed by atoms with Crippen molar-refractivity contribution in [2.24, 2.45) is 10.3 Å². The maximum Gasteiger partial charge on any atom is 0.132 e. The third-order valence-electron chi connectivity index (χ3n) is 2.49. The third kappa shape index (κ3) is 2.89. The molecule has 0 spiro atoms. The van der Waals surface area contributed by atoms with Gasteiger partial charge in [-0.3, -0.25) is 9.80 Å². The van der Waals surface area contributed by atoms with Crippen LogP contribution in [-0.4, -0.2) is 23.4 Å². The predicted octanol–water partition coefficient (Wildman–Crippen LogP) is 2.22. The van der Waals surface area contributed by atoms with Crippen LogP contribution in [0, 0.1) is 0 Å². The van der Waals surface area contributed by atoms with Crippen LogP contribution in [0.1, 0.15) is 18.9 Å². The molecule has 16 heavy (non-hydrogen) atoms. The fraction of sp³-hybridized carbons (Fsp3) is 0.417. The maximum atomic E-state index is 10.9. The van der Waals surface area contributed by atoms with E-state index < -0.39 is 0 Å². The summed E-state index contributed by atoms with van der Waals surface area (Å²) in [6.07, 6.45) is 0.495. The van der Waals surface area contributed by atoms with Crippen molar-refractivity contribution in [3.63, 3.8) is 0 Å². The van der Waals surface area contributed by atoms with Crippen molar-refractivity contribution in [1.29, 1.82) is 0 Å². The monoisotopic (exact) mass is 217 g/mol. The van der Waals surface area contributed by atoms with E-state index in [1.165, 1.54) is 5.56 Å². The zero-order valence-electron chi connectivity index (χ0n) is 9.34. The minimum Gasteiger partial charge on any atom is -0.300 e. The van der Waals surface area contributed by atoms with Gasteiger partial charge in [-0.25, -0.2) is 0 Å². The quantitative estimate of drug-likeness (QED) is 0.776. The average Bonchev–Trinajstić information content (AvgIpc) is 2.66. The van der Waals surface area contributed by atoms with Gasteiger partial charge in [-0.2, -0.15) is 5.11 Å². The molecule has 1 aliphatic rings. The number of nitrogens with zero attached hydrogens (tertiary/aromatic N) is 3. The van der Waals surface area contributed by atoms with E-state index in [2.05, 4.69) is 22.5 Å². The van der Waals surface area contributed by atoms with Crippen molar-refractivity contribution in [1.82, 2.24) is 5.01 Å². The second-order valence-corrected chi connectivity index (χ2v) is 4.10. The fourth-order valence-corrected chi connectivity index (χ4v) is 1.79. The summed E-state index contributed by atoms with van der Waals surface area (Å²) in [5, 5.41) is 10.1. The van der Waals surface area contributed by atoms with Gasteiger partial charge in [-0.05, 0) is 12.5 Å². The van der Waals surface area contributed by atoms with E-state index in [0.717, 1.165) is 13.1 Å². The lowest BCUT2D eigenvalue weighted by Gasteiger charge is -2.13. The van der Waals surface area contributed by atoms with E-state index in [9.17, 15) is 4.79 Å². The summed E-state index contributed by atoms with van der Waals surface area (Å²) in [6.45, 7) is 3.10. The fourth-order valence-electron chi connectivity index (χ4n) is 1.79. The first kappa shape index (κ1) is 10.8. The predicted molar refractivity (Wildman–Crippen MR) is 60.8 cm³/mol. The molecule has 4 nitrogen and oxygen atoms in total. The maximum absolute atomic E-state index is 10.9. The van der Waals surface area contributed by atoms with E-state index in [1.54, 1.807) is 6.92 Å². The summed E-state index contributed by atoms with van der Waals surface area (Å²) in [5.41, 5.74) is 1.21. The molecule has 0 aliphatic carbocycles. The first-order chi connectivity index (χ1) is 7.74. The Morgan fingerprint density at radius 1 is 1.44 bits per heavy atom. The van der Waals surface area contributed by atoms with Crippen LogP contribution < -0.4 is 0 Å². The molecule has 4 heteroatoms. The van der Waals surface area contributed by atoms with Crippen molar-refractivity contribution < 1.29 is 4.79 Å². The highest BCUT2D eigenvalue weighted by atomic mass is 16.1. The minimum absolute atomic E-state index is 0.0428. The van der Waals surface area contributed by atoms with Crippen LogP contribution in [0.2, 0.25) is 0 Å². The topological polar surface area (TPSA) is 45.0 Å². The third-order valence-corrected chi connectivity index (χ3v) is 2.49. The first-order valence-electron chi connectivity index (χ1n) is 5.43. The zero-order chi connectivity index (χ0) is 11.4. The Bertz CT molecular complexity index is 389. The standard InChI is InChI=1S/C12H15N3O/c1-10(16)7-12-9-15(14-13-12)8-11-5-3-2-4-6-11/h2-6,12H,7-9H2,1H3. The van der Waals surface area contributed by atoms with E-state index in [-0.39, 0.29) is 11.8 Å². The number of Topliss-reactive ketones (excluding diaryl/α,β-unsaturated/α-hetero) is 1. The van der Waals surface area contributed by atoms with Crippen LogP contribution in [0.15, 0.2) is 40.7 Å². The molecule has 1 aromatic rings. The van der Waals surface area contributed by atoms with Gasteiger partial charge in [-0.15, -0.1) is 0 Å². The molecule has 0 amide bonds. The molecule has 2 rings (SSSR count). The van der Waals surface area contributed by atoms with Crippen molar-refractivity contribution in [3.8, 4) is 0 Å². The highest BCUT2D eigenvalue weighted by Crippen LogP contribution is 2.15. The second-order valence-electron chi connectivity index (χ2n) is 4.10. The zero-order valence-corrected chi connectivity index (χ0v) is 9.34. The summed E-state index contributed by atoms with van der Waals surface area (Å²) in [7, 11) is 0. The number of hydrogen-bond acceptors (Lipinski definition) is 4. The van der Waals surface area contributed by atoms with E-state index in [0.29, 0.717) is 6.42 Å². The van der Waals surface area contributed by atoms with Crippen LogP contribution in [0.4, 0.5) is 0 Å². The molecular weight excluding hydrogens is 202 g/mol. The Hall–Kier alpha value is -1.71. The van der Waals surface area contributed by atoms with Gasteiger partial charge in [0.1, 0.15) is 5.78 Å². The number of ketones is 1.